The molecule has 88 valence electrons. The molecule has 16 heavy (non-hydrogen) atoms. The average molecular weight is 555 g/mol. The lowest BCUT2D eigenvalue weighted by molar-refractivity contribution is 0.273. The first-order valence-electron chi connectivity index (χ1n) is 5.17. The molecule has 1 aliphatic rings. The van der Waals surface area contributed by atoms with Crippen molar-refractivity contribution in [2.45, 2.75) is 18.9 Å². The van der Waals surface area contributed by atoms with Crippen LogP contribution in [0.25, 0.3) is 0 Å². The number of halogens is 3. The van der Waals surface area contributed by atoms with Crippen LogP contribution in [0.5, 0.6) is 5.75 Å². The van der Waals surface area contributed by atoms with Crippen LogP contribution in [0.3, 0.4) is 0 Å². The normalized spacial score (nSPS) is 20.1. The Bertz CT molecular complexity index is 354. The second kappa shape index (κ2) is 6.37. The Hall–Kier alpha value is 1.17. The summed E-state index contributed by atoms with van der Waals surface area (Å²) in [6.45, 7) is 1.92. The van der Waals surface area contributed by atoms with Crippen molar-refractivity contribution in [3.8, 4) is 5.75 Å². The van der Waals surface area contributed by atoms with E-state index in [-0.39, 0.29) is 0 Å². The average Bonchev–Trinajstić information content (AvgIpc) is 2.68. The minimum Gasteiger partial charge on any atom is -0.490 e. The molecule has 0 aliphatic carbocycles. The van der Waals surface area contributed by atoms with E-state index >= 15 is 0 Å². The second-order valence-corrected chi connectivity index (χ2v) is 7.37. The first-order chi connectivity index (χ1) is 7.66. The third-order valence-electron chi connectivity index (χ3n) is 2.55. The van der Waals surface area contributed by atoms with Crippen molar-refractivity contribution in [3.05, 3.63) is 22.8 Å². The minimum atomic E-state index is 0.533. The third kappa shape index (κ3) is 3.58. The molecule has 2 rings (SSSR count). The Kier molecular flexibility index (Phi) is 5.41. The van der Waals surface area contributed by atoms with Gasteiger partial charge in [-0.05, 0) is 99.3 Å². The van der Waals surface area contributed by atoms with Crippen LogP contribution in [-0.2, 0) is 0 Å². The predicted molar refractivity (Wildman–Crippen MR) is 91.1 cm³/mol. The summed E-state index contributed by atoms with van der Waals surface area (Å²) in [5.41, 5.74) is 0. The molecule has 1 aromatic rings. The third-order valence-corrected chi connectivity index (χ3v) is 4.78. The highest BCUT2D eigenvalue weighted by atomic mass is 127. The fourth-order valence-electron chi connectivity index (χ4n) is 1.75. The molecule has 0 saturated carbocycles. The fourth-order valence-corrected chi connectivity index (χ4v) is 5.64. The lowest BCUT2D eigenvalue weighted by Crippen LogP contribution is -2.28. The van der Waals surface area contributed by atoms with E-state index in [0.717, 1.165) is 18.9 Å². The summed E-state index contributed by atoms with van der Waals surface area (Å²) in [6, 6.07) is 4.84. The number of benzene rings is 1. The van der Waals surface area contributed by atoms with Crippen LogP contribution >= 0.6 is 67.8 Å². The molecule has 1 aliphatic heterocycles. The molecule has 2 nitrogen and oxygen atoms in total. The summed E-state index contributed by atoms with van der Waals surface area (Å²) in [6.07, 6.45) is 2.51. The highest BCUT2D eigenvalue weighted by Gasteiger charge is 2.16. The molecule has 0 bridgehead atoms. The van der Waals surface area contributed by atoms with E-state index in [4.69, 9.17) is 4.74 Å². The van der Waals surface area contributed by atoms with Gasteiger partial charge in [-0.3, -0.25) is 0 Å². The van der Waals surface area contributed by atoms with Crippen molar-refractivity contribution in [2.24, 2.45) is 0 Å². The van der Waals surface area contributed by atoms with E-state index in [1.165, 1.54) is 23.6 Å². The number of rotatable bonds is 3. The second-order valence-electron chi connectivity index (χ2n) is 3.80. The topological polar surface area (TPSA) is 21.3 Å². The van der Waals surface area contributed by atoms with E-state index in [2.05, 4.69) is 85.2 Å². The molecule has 1 saturated heterocycles. The number of nitrogens with one attached hydrogen (secondary N) is 1. The summed E-state index contributed by atoms with van der Waals surface area (Å²) >= 11 is 7.02. The summed E-state index contributed by atoms with van der Waals surface area (Å²) in [5.74, 6) is 1.04. The molecule has 0 spiro atoms. The van der Waals surface area contributed by atoms with E-state index in [0.29, 0.717) is 6.04 Å². The van der Waals surface area contributed by atoms with Gasteiger partial charge in [0.1, 0.15) is 12.4 Å². The highest BCUT2D eigenvalue weighted by molar-refractivity contribution is 14.1. The van der Waals surface area contributed by atoms with Crippen molar-refractivity contribution < 1.29 is 4.74 Å². The Labute approximate surface area is 137 Å². The summed E-state index contributed by atoms with van der Waals surface area (Å²) in [7, 11) is 0. The number of hydrogen-bond acceptors (Lipinski definition) is 2. The Balaban J connectivity index is 2.03. The largest absolute Gasteiger partial charge is 0.490 e. The van der Waals surface area contributed by atoms with Crippen LogP contribution in [-0.4, -0.2) is 19.2 Å². The Morgan fingerprint density at radius 1 is 1.25 bits per heavy atom. The van der Waals surface area contributed by atoms with Crippen molar-refractivity contribution in [1.82, 2.24) is 5.32 Å². The van der Waals surface area contributed by atoms with E-state index < -0.39 is 0 Å². The standard InChI is InChI=1S/C11H12I3NO/c12-7-4-9(13)11(10(14)5-7)16-6-8-2-1-3-15-8/h4-5,8,15H,1-3,6H2/t8-/m0/s1. The lowest BCUT2D eigenvalue weighted by atomic mass is 10.2. The van der Waals surface area contributed by atoms with Crippen molar-refractivity contribution in [3.63, 3.8) is 0 Å². The molecule has 0 aromatic heterocycles. The molecule has 0 amide bonds. The molecule has 1 aromatic carbocycles. The SMILES string of the molecule is Ic1cc(I)c(OC[C@@H]2CCCN2)c(I)c1. The number of hydrogen-bond donors (Lipinski definition) is 1. The minimum absolute atomic E-state index is 0.533. The van der Waals surface area contributed by atoms with Gasteiger partial charge in [0.05, 0.1) is 7.14 Å². The zero-order chi connectivity index (χ0) is 11.5. The smallest absolute Gasteiger partial charge is 0.146 e. The van der Waals surface area contributed by atoms with Gasteiger partial charge in [0.2, 0.25) is 0 Å². The summed E-state index contributed by atoms with van der Waals surface area (Å²) in [4.78, 5) is 0. The maximum Gasteiger partial charge on any atom is 0.146 e. The van der Waals surface area contributed by atoms with Gasteiger partial charge in [0, 0.05) is 9.61 Å². The zero-order valence-corrected chi connectivity index (χ0v) is 15.1. The lowest BCUT2D eigenvalue weighted by Gasteiger charge is -2.14. The fraction of sp³-hybridized carbons (Fsp3) is 0.455. The molecule has 5 heteroatoms. The monoisotopic (exact) mass is 555 g/mol. The van der Waals surface area contributed by atoms with Crippen molar-refractivity contribution >= 4 is 67.8 Å². The quantitative estimate of drug-likeness (QED) is 0.577. The Morgan fingerprint density at radius 3 is 2.50 bits per heavy atom. The molecular weight excluding hydrogens is 543 g/mol. The highest BCUT2D eigenvalue weighted by Crippen LogP contribution is 2.29. The summed E-state index contributed by atoms with van der Waals surface area (Å²) < 4.78 is 9.59. The van der Waals surface area contributed by atoms with Crippen molar-refractivity contribution in [1.29, 1.82) is 0 Å². The van der Waals surface area contributed by atoms with Gasteiger partial charge in [-0.2, -0.15) is 0 Å². The molecule has 0 radical (unpaired) electrons. The van der Waals surface area contributed by atoms with Gasteiger partial charge in [-0.15, -0.1) is 0 Å². The van der Waals surface area contributed by atoms with Gasteiger partial charge in [-0.1, -0.05) is 0 Å². The van der Waals surface area contributed by atoms with E-state index in [1.54, 1.807) is 0 Å². The van der Waals surface area contributed by atoms with Crippen LogP contribution in [0.1, 0.15) is 12.8 Å². The summed E-state index contributed by atoms with van der Waals surface area (Å²) in [5, 5.41) is 3.45. The predicted octanol–water partition coefficient (Wildman–Crippen LogP) is 3.63. The van der Waals surface area contributed by atoms with Gasteiger partial charge in [0.25, 0.3) is 0 Å². The molecular formula is C11H12I3NO. The van der Waals surface area contributed by atoms with Crippen LogP contribution in [0.4, 0.5) is 0 Å². The van der Waals surface area contributed by atoms with Crippen LogP contribution < -0.4 is 10.1 Å². The van der Waals surface area contributed by atoms with Gasteiger partial charge in [0.15, 0.2) is 0 Å². The maximum atomic E-state index is 5.93. The first-order valence-corrected chi connectivity index (χ1v) is 8.41. The van der Waals surface area contributed by atoms with Crippen LogP contribution in [0.2, 0.25) is 0 Å². The maximum absolute atomic E-state index is 5.93. The van der Waals surface area contributed by atoms with Gasteiger partial charge >= 0.3 is 0 Å². The van der Waals surface area contributed by atoms with Crippen LogP contribution in [0, 0.1) is 10.7 Å². The van der Waals surface area contributed by atoms with Gasteiger partial charge in [-0.25, -0.2) is 0 Å². The van der Waals surface area contributed by atoms with Gasteiger partial charge < -0.3 is 10.1 Å². The van der Waals surface area contributed by atoms with Crippen LogP contribution in [0.15, 0.2) is 12.1 Å². The zero-order valence-electron chi connectivity index (χ0n) is 8.60. The molecule has 1 N–H and O–H groups in total. The molecule has 1 fully saturated rings. The van der Waals surface area contributed by atoms with E-state index in [1.807, 2.05) is 0 Å². The first kappa shape index (κ1) is 13.6. The molecule has 1 atom stereocenters. The molecule has 1 heterocycles. The molecule has 0 unspecified atom stereocenters. The Morgan fingerprint density at radius 2 is 1.94 bits per heavy atom. The van der Waals surface area contributed by atoms with E-state index in [9.17, 15) is 0 Å². The van der Waals surface area contributed by atoms with Crippen molar-refractivity contribution in [2.75, 3.05) is 13.2 Å². The number of ether oxygens (including phenoxy) is 1.